The smallest absolute Gasteiger partial charge is 0.228 e. The van der Waals surface area contributed by atoms with E-state index in [1.54, 1.807) is 24.5 Å². The molecule has 0 spiro atoms. The van der Waals surface area contributed by atoms with Gasteiger partial charge in [0.1, 0.15) is 5.82 Å². The Morgan fingerprint density at radius 2 is 2.12 bits per heavy atom. The Labute approximate surface area is 151 Å². The lowest BCUT2D eigenvalue weighted by Crippen LogP contribution is -2.39. The molecule has 0 unspecified atom stereocenters. The third-order valence-corrected chi connectivity index (χ3v) is 4.98. The highest BCUT2D eigenvalue weighted by atomic mass is 35.5. The number of aromatic nitrogens is 2. The molecule has 1 aliphatic rings. The number of benzene rings is 1. The van der Waals surface area contributed by atoms with E-state index in [-0.39, 0.29) is 22.9 Å². The molecule has 0 saturated carbocycles. The Kier molecular flexibility index (Phi) is 5.60. The predicted molar refractivity (Wildman–Crippen MR) is 94.8 cm³/mol. The van der Waals surface area contributed by atoms with Crippen molar-refractivity contribution in [1.82, 2.24) is 14.9 Å². The third-order valence-electron chi connectivity index (χ3n) is 4.69. The van der Waals surface area contributed by atoms with Gasteiger partial charge in [0.15, 0.2) is 5.82 Å². The van der Waals surface area contributed by atoms with Gasteiger partial charge in [0, 0.05) is 24.4 Å². The number of carbonyl (C=O) groups excluding carboxylic acids is 1. The number of carbonyl (C=O) groups is 1. The van der Waals surface area contributed by atoms with Gasteiger partial charge in [-0.15, -0.1) is 0 Å². The Bertz CT molecular complexity index is 735. The van der Waals surface area contributed by atoms with Crippen molar-refractivity contribution in [3.63, 3.8) is 0 Å². The summed E-state index contributed by atoms with van der Waals surface area (Å²) in [7, 11) is 0. The van der Waals surface area contributed by atoms with Gasteiger partial charge in [-0.05, 0) is 50.6 Å². The Balaban J connectivity index is 1.56. The summed E-state index contributed by atoms with van der Waals surface area (Å²) in [4.78, 5) is 22.6. The van der Waals surface area contributed by atoms with Crippen molar-refractivity contribution in [2.75, 3.05) is 18.4 Å². The Morgan fingerprint density at radius 1 is 1.36 bits per heavy atom. The minimum atomic E-state index is -0.406. The van der Waals surface area contributed by atoms with E-state index in [1.165, 1.54) is 12.3 Å². The summed E-state index contributed by atoms with van der Waals surface area (Å²) in [5.74, 6) is 0.0150. The largest absolute Gasteiger partial charge is 0.309 e. The predicted octanol–water partition coefficient (Wildman–Crippen LogP) is 3.68. The maximum atomic E-state index is 13.3. The first-order valence-electron chi connectivity index (χ1n) is 8.30. The summed E-state index contributed by atoms with van der Waals surface area (Å²) >= 11 is 5.88. The van der Waals surface area contributed by atoms with Crippen LogP contribution in [0.15, 0.2) is 36.8 Å². The summed E-state index contributed by atoms with van der Waals surface area (Å²) in [6, 6.07) is 4.96. The lowest BCUT2D eigenvalue weighted by Gasteiger charge is -2.35. The van der Waals surface area contributed by atoms with E-state index >= 15 is 0 Å². The molecule has 1 aliphatic heterocycles. The van der Waals surface area contributed by atoms with Crippen molar-refractivity contribution < 1.29 is 9.18 Å². The van der Waals surface area contributed by atoms with Crippen molar-refractivity contribution in [1.29, 1.82) is 0 Å². The quantitative estimate of drug-likeness (QED) is 0.901. The maximum Gasteiger partial charge on any atom is 0.228 e. The number of anilines is 1. The third kappa shape index (κ3) is 4.32. The average molecular weight is 363 g/mol. The molecular formula is C18H20ClFN4O. The van der Waals surface area contributed by atoms with E-state index in [0.29, 0.717) is 5.82 Å². The Morgan fingerprint density at radius 3 is 2.76 bits per heavy atom. The molecule has 0 radical (unpaired) electrons. The molecule has 2 heterocycles. The SMILES string of the molecule is C[C@H](c1ccc(F)c(Cl)c1)N1CCC(C(=O)Nc2cnccn2)CC1. The molecule has 0 aliphatic carbocycles. The number of hydrogen-bond donors (Lipinski definition) is 1. The van der Waals surface area contributed by atoms with Crippen molar-refractivity contribution in [2.24, 2.45) is 5.92 Å². The summed E-state index contributed by atoms with van der Waals surface area (Å²) in [6.45, 7) is 3.67. The summed E-state index contributed by atoms with van der Waals surface area (Å²) in [5.41, 5.74) is 0.980. The van der Waals surface area contributed by atoms with Crippen LogP contribution in [0.25, 0.3) is 0 Å². The fourth-order valence-electron chi connectivity index (χ4n) is 3.12. The number of halogens is 2. The fourth-order valence-corrected chi connectivity index (χ4v) is 3.31. The number of hydrogen-bond acceptors (Lipinski definition) is 4. The van der Waals surface area contributed by atoms with Crippen LogP contribution in [-0.2, 0) is 4.79 Å². The van der Waals surface area contributed by atoms with Crippen molar-refractivity contribution in [3.8, 4) is 0 Å². The van der Waals surface area contributed by atoms with Crippen LogP contribution in [0, 0.1) is 11.7 Å². The molecule has 1 atom stereocenters. The van der Waals surface area contributed by atoms with Crippen LogP contribution in [-0.4, -0.2) is 33.9 Å². The van der Waals surface area contributed by atoms with Crippen LogP contribution in [0.2, 0.25) is 5.02 Å². The summed E-state index contributed by atoms with van der Waals surface area (Å²) < 4.78 is 13.3. The number of piperidine rings is 1. The van der Waals surface area contributed by atoms with E-state index in [0.717, 1.165) is 31.5 Å². The molecular weight excluding hydrogens is 343 g/mol. The first kappa shape index (κ1) is 17.8. The van der Waals surface area contributed by atoms with Gasteiger partial charge >= 0.3 is 0 Å². The lowest BCUT2D eigenvalue weighted by atomic mass is 9.94. The van der Waals surface area contributed by atoms with E-state index in [1.807, 2.05) is 0 Å². The number of likely N-dealkylation sites (tertiary alicyclic amines) is 1. The van der Waals surface area contributed by atoms with Gasteiger partial charge in [-0.3, -0.25) is 14.7 Å². The first-order chi connectivity index (χ1) is 12.0. The maximum absolute atomic E-state index is 13.3. The molecule has 1 fully saturated rings. The molecule has 132 valence electrons. The van der Waals surface area contributed by atoms with Crippen LogP contribution in [0.1, 0.15) is 31.4 Å². The van der Waals surface area contributed by atoms with Gasteiger partial charge in [0.2, 0.25) is 5.91 Å². The molecule has 1 amide bonds. The van der Waals surface area contributed by atoms with Crippen LogP contribution in [0.5, 0.6) is 0 Å². The van der Waals surface area contributed by atoms with E-state index in [2.05, 4.69) is 27.1 Å². The van der Waals surface area contributed by atoms with Crippen molar-refractivity contribution >= 4 is 23.3 Å². The number of rotatable bonds is 4. The molecule has 1 aromatic carbocycles. The van der Waals surface area contributed by atoms with E-state index < -0.39 is 5.82 Å². The molecule has 25 heavy (non-hydrogen) atoms. The van der Waals surface area contributed by atoms with Crippen molar-refractivity contribution in [3.05, 3.63) is 53.2 Å². The second kappa shape index (κ2) is 7.89. The molecule has 1 saturated heterocycles. The normalized spacial score (nSPS) is 17.2. The monoisotopic (exact) mass is 362 g/mol. The first-order valence-corrected chi connectivity index (χ1v) is 8.68. The van der Waals surface area contributed by atoms with Gasteiger partial charge in [-0.25, -0.2) is 9.37 Å². The second-order valence-corrected chi connectivity index (χ2v) is 6.65. The van der Waals surface area contributed by atoms with Gasteiger partial charge in [-0.2, -0.15) is 0 Å². The molecule has 1 aromatic heterocycles. The van der Waals surface area contributed by atoms with E-state index in [4.69, 9.17) is 11.6 Å². The van der Waals surface area contributed by atoms with Crippen LogP contribution in [0.4, 0.5) is 10.2 Å². The van der Waals surface area contributed by atoms with Gasteiger partial charge < -0.3 is 5.32 Å². The zero-order valence-corrected chi connectivity index (χ0v) is 14.7. The molecule has 2 aromatic rings. The molecule has 0 bridgehead atoms. The Hall–Kier alpha value is -2.05. The number of amides is 1. The summed E-state index contributed by atoms with van der Waals surface area (Å²) in [6.07, 6.45) is 6.19. The van der Waals surface area contributed by atoms with E-state index in [9.17, 15) is 9.18 Å². The molecule has 5 nitrogen and oxygen atoms in total. The van der Waals surface area contributed by atoms with Crippen molar-refractivity contribution in [2.45, 2.75) is 25.8 Å². The fraction of sp³-hybridized carbons (Fsp3) is 0.389. The lowest BCUT2D eigenvalue weighted by molar-refractivity contribution is -0.121. The minimum Gasteiger partial charge on any atom is -0.309 e. The molecule has 7 heteroatoms. The number of nitrogens with zero attached hydrogens (tertiary/aromatic N) is 3. The molecule has 1 N–H and O–H groups in total. The van der Waals surface area contributed by atoms with Gasteiger partial charge in [0.25, 0.3) is 0 Å². The minimum absolute atomic E-state index is 0.0161. The topological polar surface area (TPSA) is 58.1 Å². The summed E-state index contributed by atoms with van der Waals surface area (Å²) in [5, 5.41) is 2.95. The molecule has 3 rings (SSSR count). The average Bonchev–Trinajstić information content (AvgIpc) is 2.64. The van der Waals surface area contributed by atoms with Gasteiger partial charge in [-0.1, -0.05) is 17.7 Å². The standard InChI is InChI=1S/C18H20ClFN4O/c1-12(14-2-3-16(20)15(19)10-14)24-8-4-13(5-9-24)18(25)23-17-11-21-6-7-22-17/h2-3,6-7,10-13H,4-5,8-9H2,1H3,(H,22,23,25)/t12-/m1/s1. The highest BCUT2D eigenvalue weighted by Gasteiger charge is 2.28. The van der Waals surface area contributed by atoms with Gasteiger partial charge in [0.05, 0.1) is 11.2 Å². The van der Waals surface area contributed by atoms with Crippen LogP contribution in [0.3, 0.4) is 0 Å². The zero-order chi connectivity index (χ0) is 17.8. The number of nitrogens with one attached hydrogen (secondary N) is 1. The highest BCUT2D eigenvalue weighted by Crippen LogP contribution is 2.29. The second-order valence-electron chi connectivity index (χ2n) is 6.24. The van der Waals surface area contributed by atoms with Crippen LogP contribution >= 0.6 is 11.6 Å². The zero-order valence-electron chi connectivity index (χ0n) is 14.0. The van der Waals surface area contributed by atoms with Crippen LogP contribution < -0.4 is 5.32 Å². The highest BCUT2D eigenvalue weighted by molar-refractivity contribution is 6.30.